The smallest absolute Gasteiger partial charge is 0.295 e. The molecule has 0 aliphatic rings. The summed E-state index contributed by atoms with van der Waals surface area (Å²) in [5, 5.41) is 25.3. The Morgan fingerprint density at radius 3 is 1.81 bits per heavy atom. The first kappa shape index (κ1) is 35.9. The molecule has 0 radical (unpaired) electrons. The molecular formula is C34H29Cl2N11O4S. The highest BCUT2D eigenvalue weighted by Gasteiger charge is 2.16. The van der Waals surface area contributed by atoms with Crippen LogP contribution in [-0.4, -0.2) is 61.1 Å². The zero-order valence-electron chi connectivity index (χ0n) is 26.9. The molecule has 0 aliphatic heterocycles. The van der Waals surface area contributed by atoms with E-state index in [9.17, 15) is 18.1 Å². The summed E-state index contributed by atoms with van der Waals surface area (Å²) >= 11 is 12.5. The van der Waals surface area contributed by atoms with Gasteiger partial charge in [-0.3, -0.25) is 4.55 Å². The number of rotatable bonds is 14. The molecule has 0 unspecified atom stereocenters. The van der Waals surface area contributed by atoms with Crippen LogP contribution in [0.25, 0.3) is 12.2 Å². The molecule has 2 heterocycles. The van der Waals surface area contributed by atoms with Crippen LogP contribution >= 0.6 is 23.2 Å². The maximum Gasteiger partial charge on any atom is 0.295 e. The monoisotopic (exact) mass is 757 g/mol. The van der Waals surface area contributed by atoms with E-state index in [2.05, 4.69) is 56.5 Å². The van der Waals surface area contributed by atoms with Crippen molar-refractivity contribution in [3.05, 3.63) is 118 Å². The third-order valence-electron chi connectivity index (χ3n) is 7.01. The second-order valence-electron chi connectivity index (χ2n) is 10.7. The standard InChI is InChI=1S/C34H29Cl2N11O4S/c35-25-5-1-3-7-27(25)42-32-39-20-38-31(44-32)41-24-16-13-22(29(19-24)52(49,50)51)12-9-21-10-14-23(15-11-21)40-33-45-30(37-17-18-48)46-34(47-33)43-28-8-4-2-6-26(28)36/h1-16,19-20,48H,17-18H2,(H,49,50,51)(H2,38,39,41,42,44)(H3,37,40,43,45,46,47). The molecule has 4 aromatic carbocycles. The van der Waals surface area contributed by atoms with Gasteiger partial charge in [-0.15, -0.1) is 0 Å². The predicted octanol–water partition coefficient (Wildman–Crippen LogP) is 7.16. The van der Waals surface area contributed by atoms with Gasteiger partial charge >= 0.3 is 0 Å². The molecule has 6 rings (SSSR count). The van der Waals surface area contributed by atoms with Gasteiger partial charge in [-0.05, 0) is 59.7 Å². The topological polar surface area (TPSA) is 212 Å². The van der Waals surface area contributed by atoms with Gasteiger partial charge < -0.3 is 31.7 Å². The van der Waals surface area contributed by atoms with Gasteiger partial charge in [0.25, 0.3) is 10.1 Å². The second kappa shape index (κ2) is 16.4. The van der Waals surface area contributed by atoms with Gasteiger partial charge in [0, 0.05) is 17.9 Å². The molecule has 18 heteroatoms. The van der Waals surface area contributed by atoms with E-state index in [4.69, 9.17) is 23.2 Å². The van der Waals surface area contributed by atoms with Crippen molar-refractivity contribution >= 4 is 98.0 Å². The fourth-order valence-electron chi connectivity index (χ4n) is 4.61. The van der Waals surface area contributed by atoms with Crippen molar-refractivity contribution in [3.8, 4) is 0 Å². The van der Waals surface area contributed by atoms with Gasteiger partial charge in [-0.2, -0.15) is 28.4 Å². The molecule has 0 saturated carbocycles. The lowest BCUT2D eigenvalue weighted by Crippen LogP contribution is -2.12. The van der Waals surface area contributed by atoms with Crippen LogP contribution in [0.4, 0.5) is 52.5 Å². The minimum atomic E-state index is -4.62. The maximum atomic E-state index is 12.4. The first-order valence-corrected chi connectivity index (χ1v) is 17.6. The Bertz CT molecular complexity index is 2330. The van der Waals surface area contributed by atoms with E-state index in [0.29, 0.717) is 32.8 Å². The fraction of sp³-hybridized carbons (Fsp3) is 0.0588. The van der Waals surface area contributed by atoms with Gasteiger partial charge in [-0.1, -0.05) is 77.8 Å². The lowest BCUT2D eigenvalue weighted by atomic mass is 10.1. The van der Waals surface area contributed by atoms with Crippen LogP contribution in [0.5, 0.6) is 0 Å². The van der Waals surface area contributed by atoms with Crippen LogP contribution in [0.2, 0.25) is 10.0 Å². The summed E-state index contributed by atoms with van der Waals surface area (Å²) in [6.07, 6.45) is 4.55. The molecule has 0 atom stereocenters. The molecule has 52 heavy (non-hydrogen) atoms. The van der Waals surface area contributed by atoms with E-state index < -0.39 is 10.1 Å². The van der Waals surface area contributed by atoms with Crippen molar-refractivity contribution in [2.45, 2.75) is 4.90 Å². The summed E-state index contributed by atoms with van der Waals surface area (Å²) < 4.78 is 34.8. The summed E-state index contributed by atoms with van der Waals surface area (Å²) in [6, 6.07) is 25.8. The largest absolute Gasteiger partial charge is 0.395 e. The van der Waals surface area contributed by atoms with Crippen molar-refractivity contribution in [3.63, 3.8) is 0 Å². The highest BCUT2D eigenvalue weighted by molar-refractivity contribution is 7.86. The molecular weight excluding hydrogens is 729 g/mol. The Kier molecular flexibility index (Phi) is 11.3. The number of aliphatic hydroxyl groups excluding tert-OH is 1. The minimum absolute atomic E-state index is 0.116. The molecule has 2 aromatic heterocycles. The number of nitrogens with zero attached hydrogens (tertiary/aromatic N) is 6. The van der Waals surface area contributed by atoms with Crippen molar-refractivity contribution in [1.82, 2.24) is 29.9 Å². The number of aromatic nitrogens is 6. The fourth-order valence-corrected chi connectivity index (χ4v) is 5.69. The molecule has 0 fully saturated rings. The zero-order valence-corrected chi connectivity index (χ0v) is 29.2. The second-order valence-corrected chi connectivity index (χ2v) is 12.9. The number of anilines is 9. The molecule has 0 amide bonds. The Labute approximate surface area is 308 Å². The molecule has 0 saturated heterocycles. The minimum Gasteiger partial charge on any atom is -0.395 e. The number of halogens is 2. The van der Waals surface area contributed by atoms with E-state index in [1.807, 2.05) is 6.07 Å². The molecule has 0 spiro atoms. The lowest BCUT2D eigenvalue weighted by Gasteiger charge is -2.12. The van der Waals surface area contributed by atoms with Gasteiger partial charge in [0.15, 0.2) is 0 Å². The summed E-state index contributed by atoms with van der Waals surface area (Å²) in [7, 11) is -4.62. The predicted molar refractivity (Wildman–Crippen MR) is 203 cm³/mol. The summed E-state index contributed by atoms with van der Waals surface area (Å²) in [6.45, 7) is 0.117. The Morgan fingerprint density at radius 2 is 1.17 bits per heavy atom. The molecule has 0 aliphatic carbocycles. The highest BCUT2D eigenvalue weighted by atomic mass is 35.5. The lowest BCUT2D eigenvalue weighted by molar-refractivity contribution is 0.311. The third kappa shape index (κ3) is 9.65. The van der Waals surface area contributed by atoms with Crippen LogP contribution in [-0.2, 0) is 10.1 Å². The van der Waals surface area contributed by atoms with E-state index in [1.165, 1.54) is 12.4 Å². The van der Waals surface area contributed by atoms with Gasteiger partial charge in [0.05, 0.1) is 28.0 Å². The van der Waals surface area contributed by atoms with Crippen LogP contribution in [0, 0.1) is 0 Å². The highest BCUT2D eigenvalue weighted by Crippen LogP contribution is 2.28. The summed E-state index contributed by atoms with van der Waals surface area (Å²) in [5.41, 5.74) is 3.15. The molecule has 0 bridgehead atoms. The number of hydrogen-bond acceptors (Lipinski definition) is 14. The van der Waals surface area contributed by atoms with Crippen LogP contribution in [0.15, 0.2) is 102 Å². The Balaban J connectivity index is 1.16. The number of para-hydroxylation sites is 2. The van der Waals surface area contributed by atoms with Crippen molar-refractivity contribution in [1.29, 1.82) is 0 Å². The number of aliphatic hydroxyl groups is 1. The third-order valence-corrected chi connectivity index (χ3v) is 8.58. The first-order valence-electron chi connectivity index (χ1n) is 15.4. The number of hydrogen-bond donors (Lipinski definition) is 7. The van der Waals surface area contributed by atoms with E-state index in [1.54, 1.807) is 91.0 Å². The normalized spacial score (nSPS) is 11.3. The Hall–Kier alpha value is -5.91. The molecule has 7 N–H and O–H groups in total. The van der Waals surface area contributed by atoms with Crippen molar-refractivity contribution < 1.29 is 18.1 Å². The van der Waals surface area contributed by atoms with Crippen LogP contribution in [0.3, 0.4) is 0 Å². The SMILES string of the molecule is O=S(=O)(O)c1cc(Nc2ncnc(Nc3ccccc3Cl)n2)ccc1C=Cc1ccc(Nc2nc(NCCO)nc(Nc3ccccc3Cl)n2)cc1. The zero-order chi connectivity index (χ0) is 36.5. The van der Waals surface area contributed by atoms with Crippen molar-refractivity contribution in [2.24, 2.45) is 0 Å². The van der Waals surface area contributed by atoms with E-state index >= 15 is 0 Å². The first-order chi connectivity index (χ1) is 25.1. The van der Waals surface area contributed by atoms with Crippen LogP contribution < -0.4 is 26.6 Å². The maximum absolute atomic E-state index is 12.4. The van der Waals surface area contributed by atoms with Gasteiger partial charge in [0.2, 0.25) is 29.7 Å². The van der Waals surface area contributed by atoms with Crippen LogP contribution in [0.1, 0.15) is 11.1 Å². The molecule has 264 valence electrons. The number of nitrogens with one attached hydrogen (secondary N) is 5. The van der Waals surface area contributed by atoms with E-state index in [-0.39, 0.29) is 53.4 Å². The van der Waals surface area contributed by atoms with Gasteiger partial charge in [-0.25, -0.2) is 9.97 Å². The number of benzene rings is 4. The molecule has 6 aromatic rings. The Morgan fingerprint density at radius 1 is 0.635 bits per heavy atom. The molecule has 15 nitrogen and oxygen atoms in total. The average molecular weight is 759 g/mol. The van der Waals surface area contributed by atoms with E-state index in [0.717, 1.165) is 5.56 Å². The van der Waals surface area contributed by atoms with Gasteiger partial charge in [0.1, 0.15) is 11.2 Å². The summed E-state index contributed by atoms with van der Waals surface area (Å²) in [5.74, 6) is 1.03. The quantitative estimate of drug-likeness (QED) is 0.0434. The average Bonchev–Trinajstić information content (AvgIpc) is 3.12. The van der Waals surface area contributed by atoms with Crippen molar-refractivity contribution in [2.75, 3.05) is 39.7 Å². The summed E-state index contributed by atoms with van der Waals surface area (Å²) in [4.78, 5) is 25.3.